The van der Waals surface area contributed by atoms with Crippen LogP contribution in [0.15, 0.2) is 29.6 Å². The summed E-state index contributed by atoms with van der Waals surface area (Å²) in [6.45, 7) is 8.09. The number of hydrazone groups is 1. The molecule has 0 bridgehead atoms. The summed E-state index contributed by atoms with van der Waals surface area (Å²) in [6, 6.07) is 3.78. The van der Waals surface area contributed by atoms with E-state index in [4.69, 9.17) is 5.41 Å². The number of rotatable bonds is 5. The van der Waals surface area contributed by atoms with Crippen LogP contribution in [0.2, 0.25) is 0 Å². The molecule has 4 rings (SSSR count). The fraction of sp³-hybridized carbons (Fsp3) is 0.333. The van der Waals surface area contributed by atoms with Gasteiger partial charge in [0.2, 0.25) is 5.91 Å². The minimum atomic E-state index is -0.313. The number of fused-ring (bicyclic) bond motifs is 3. The first kappa shape index (κ1) is 19.7. The highest BCUT2D eigenvalue weighted by Gasteiger charge is 2.43. The number of aryl methyl sites for hydroxylation is 2. The molecule has 3 N–H and O–H groups in total. The van der Waals surface area contributed by atoms with Crippen molar-refractivity contribution in [1.29, 1.82) is 5.41 Å². The summed E-state index contributed by atoms with van der Waals surface area (Å²) in [7, 11) is 0. The second-order valence-corrected chi connectivity index (χ2v) is 8.19. The van der Waals surface area contributed by atoms with Crippen LogP contribution < -0.4 is 10.7 Å². The van der Waals surface area contributed by atoms with Gasteiger partial charge in [0.1, 0.15) is 5.82 Å². The van der Waals surface area contributed by atoms with Crippen LogP contribution in [0, 0.1) is 19.3 Å². The monoisotopic (exact) mass is 404 g/mol. The summed E-state index contributed by atoms with van der Waals surface area (Å²) in [5.74, 6) is 0.168. The third-order valence-corrected chi connectivity index (χ3v) is 5.35. The molecule has 3 aromatic heterocycles. The Hall–Kier alpha value is -3.62. The van der Waals surface area contributed by atoms with Gasteiger partial charge in [-0.15, -0.1) is 0 Å². The molecule has 1 amide bonds. The molecule has 0 saturated carbocycles. The maximum absolute atomic E-state index is 13.2. The lowest BCUT2D eigenvalue weighted by molar-refractivity contribution is -0.117. The zero-order valence-corrected chi connectivity index (χ0v) is 17.4. The molecule has 1 aliphatic carbocycles. The van der Waals surface area contributed by atoms with Gasteiger partial charge in [-0.1, -0.05) is 13.8 Å². The van der Waals surface area contributed by atoms with Crippen molar-refractivity contribution in [2.45, 2.75) is 45.4 Å². The average molecular weight is 404 g/mol. The van der Waals surface area contributed by atoms with Gasteiger partial charge < -0.3 is 10.7 Å². The number of nitrogens with one attached hydrogen (secondary N) is 3. The number of pyridine rings is 1. The highest BCUT2D eigenvalue weighted by Crippen LogP contribution is 2.45. The molecule has 9 heteroatoms. The van der Waals surface area contributed by atoms with Crippen LogP contribution in [0.3, 0.4) is 0 Å². The van der Waals surface area contributed by atoms with Crippen molar-refractivity contribution in [3.05, 3.63) is 47.0 Å². The van der Waals surface area contributed by atoms with Crippen molar-refractivity contribution in [3.8, 4) is 0 Å². The molecule has 3 aromatic rings. The SMILES string of the molecule is Cc1cc2ncc3c(n2n1)C(C)(C)CC3C(=O)Nc1cnc(N/N=C\C=N)c(C)c1. The number of amides is 1. The van der Waals surface area contributed by atoms with Gasteiger partial charge in [-0.2, -0.15) is 10.2 Å². The summed E-state index contributed by atoms with van der Waals surface area (Å²) >= 11 is 0. The molecule has 9 nitrogen and oxygen atoms in total. The summed E-state index contributed by atoms with van der Waals surface area (Å²) in [4.78, 5) is 22.0. The van der Waals surface area contributed by atoms with E-state index in [1.807, 2.05) is 36.7 Å². The molecular weight excluding hydrogens is 380 g/mol. The fourth-order valence-corrected chi connectivity index (χ4v) is 4.07. The lowest BCUT2D eigenvalue weighted by Gasteiger charge is -2.19. The Bertz CT molecular complexity index is 1180. The first-order chi connectivity index (χ1) is 14.3. The lowest BCUT2D eigenvalue weighted by atomic mass is 9.88. The van der Waals surface area contributed by atoms with Crippen molar-refractivity contribution in [1.82, 2.24) is 19.6 Å². The second-order valence-electron chi connectivity index (χ2n) is 8.19. The van der Waals surface area contributed by atoms with Crippen molar-refractivity contribution in [2.75, 3.05) is 10.7 Å². The maximum Gasteiger partial charge on any atom is 0.232 e. The number of hydrogen-bond donors (Lipinski definition) is 3. The van der Waals surface area contributed by atoms with Crippen LogP contribution >= 0.6 is 0 Å². The number of aromatic nitrogens is 4. The van der Waals surface area contributed by atoms with Crippen LogP contribution in [0.1, 0.15) is 48.7 Å². The van der Waals surface area contributed by atoms with E-state index >= 15 is 0 Å². The molecule has 0 radical (unpaired) electrons. The smallest absolute Gasteiger partial charge is 0.232 e. The minimum absolute atomic E-state index is 0.0874. The highest BCUT2D eigenvalue weighted by molar-refractivity contribution is 6.14. The van der Waals surface area contributed by atoms with E-state index in [2.05, 4.69) is 44.8 Å². The Morgan fingerprint density at radius 1 is 1.30 bits per heavy atom. The van der Waals surface area contributed by atoms with E-state index in [1.165, 1.54) is 6.21 Å². The molecule has 154 valence electrons. The Morgan fingerprint density at radius 2 is 2.10 bits per heavy atom. The first-order valence-corrected chi connectivity index (χ1v) is 9.71. The number of carbonyl (C=O) groups is 1. The second kappa shape index (κ2) is 7.33. The van der Waals surface area contributed by atoms with E-state index in [0.717, 1.165) is 34.4 Å². The highest BCUT2D eigenvalue weighted by atomic mass is 16.1. The van der Waals surface area contributed by atoms with Crippen LogP contribution in [-0.4, -0.2) is 37.9 Å². The minimum Gasteiger partial charge on any atom is -0.324 e. The molecule has 1 unspecified atom stereocenters. The third-order valence-electron chi connectivity index (χ3n) is 5.35. The van der Waals surface area contributed by atoms with E-state index in [0.29, 0.717) is 17.9 Å². The molecule has 0 aliphatic heterocycles. The van der Waals surface area contributed by atoms with Gasteiger partial charge in [0.15, 0.2) is 5.65 Å². The van der Waals surface area contributed by atoms with E-state index in [9.17, 15) is 4.79 Å². The van der Waals surface area contributed by atoms with Gasteiger partial charge in [-0.25, -0.2) is 14.5 Å². The summed E-state index contributed by atoms with van der Waals surface area (Å²) < 4.78 is 1.87. The normalized spacial score (nSPS) is 17.3. The molecule has 0 spiro atoms. The average Bonchev–Trinajstić information content (AvgIpc) is 3.19. The van der Waals surface area contributed by atoms with Crippen LogP contribution in [0.5, 0.6) is 0 Å². The van der Waals surface area contributed by atoms with Gasteiger partial charge >= 0.3 is 0 Å². The molecular formula is C21H24N8O. The largest absolute Gasteiger partial charge is 0.324 e. The maximum atomic E-state index is 13.2. The van der Waals surface area contributed by atoms with Crippen molar-refractivity contribution < 1.29 is 4.79 Å². The van der Waals surface area contributed by atoms with Crippen LogP contribution in [0.25, 0.3) is 5.65 Å². The van der Waals surface area contributed by atoms with Crippen LogP contribution in [-0.2, 0) is 10.2 Å². The standard InChI is InChI=1S/C21H24N8O/c1-12-7-14(10-24-19(12)27-25-6-5-22)26-20(30)15-9-21(3,4)18-16(15)11-23-17-8-13(2)28-29(17)18/h5-8,10-11,15,22H,9H2,1-4H3,(H,24,27)(H,26,30)/b22-5?,25-6-. The zero-order chi connectivity index (χ0) is 21.5. The number of carbonyl (C=O) groups excluding carboxylic acids is 1. The zero-order valence-electron chi connectivity index (χ0n) is 17.4. The summed E-state index contributed by atoms with van der Waals surface area (Å²) in [6.07, 6.45) is 6.47. The van der Waals surface area contributed by atoms with Gasteiger partial charge in [0.25, 0.3) is 0 Å². The summed E-state index contributed by atoms with van der Waals surface area (Å²) in [5.41, 5.74) is 7.67. The first-order valence-electron chi connectivity index (χ1n) is 9.71. The third kappa shape index (κ3) is 3.42. The van der Waals surface area contributed by atoms with Crippen molar-refractivity contribution in [3.63, 3.8) is 0 Å². The van der Waals surface area contributed by atoms with Gasteiger partial charge in [-0.05, 0) is 31.9 Å². The molecule has 1 atom stereocenters. The van der Waals surface area contributed by atoms with Gasteiger partial charge in [-0.3, -0.25) is 10.2 Å². The topological polar surface area (TPSA) is 120 Å². The molecule has 1 aliphatic rings. The van der Waals surface area contributed by atoms with E-state index in [1.54, 1.807) is 6.20 Å². The van der Waals surface area contributed by atoms with Crippen molar-refractivity contribution >= 4 is 35.5 Å². The van der Waals surface area contributed by atoms with E-state index < -0.39 is 0 Å². The molecule has 3 heterocycles. The number of hydrogen-bond acceptors (Lipinski definition) is 7. The lowest BCUT2D eigenvalue weighted by Crippen LogP contribution is -2.21. The predicted octanol–water partition coefficient (Wildman–Crippen LogP) is 3.19. The number of anilines is 2. The molecule has 0 aromatic carbocycles. The Labute approximate surface area is 174 Å². The van der Waals surface area contributed by atoms with Crippen molar-refractivity contribution in [2.24, 2.45) is 5.10 Å². The van der Waals surface area contributed by atoms with Gasteiger partial charge in [0.05, 0.1) is 35.4 Å². The predicted molar refractivity (Wildman–Crippen MR) is 117 cm³/mol. The Balaban J connectivity index is 1.60. The Kier molecular flexibility index (Phi) is 4.81. The van der Waals surface area contributed by atoms with Gasteiger partial charge in [0, 0.05) is 29.5 Å². The van der Waals surface area contributed by atoms with Crippen LogP contribution in [0.4, 0.5) is 11.5 Å². The summed E-state index contributed by atoms with van der Waals surface area (Å²) in [5, 5.41) is 18.4. The molecule has 0 fully saturated rings. The Morgan fingerprint density at radius 3 is 2.83 bits per heavy atom. The quantitative estimate of drug-likeness (QED) is 0.445. The number of nitrogens with zero attached hydrogens (tertiary/aromatic N) is 5. The molecule has 0 saturated heterocycles. The fourth-order valence-electron chi connectivity index (χ4n) is 4.07. The van der Waals surface area contributed by atoms with E-state index in [-0.39, 0.29) is 17.2 Å². The molecule has 30 heavy (non-hydrogen) atoms.